The molecule has 112 valence electrons. The SMILES string of the molecule is COc1cnc(C)cc1NC(C)(C)CCc1ccccc1. The Labute approximate surface area is 127 Å². The van der Waals surface area contributed by atoms with Crippen LogP contribution in [0.1, 0.15) is 31.5 Å². The van der Waals surface area contributed by atoms with Crippen LogP contribution in [0, 0.1) is 6.92 Å². The molecule has 1 heterocycles. The fraction of sp³-hybridized carbons (Fsp3) is 0.389. The normalized spacial score (nSPS) is 11.2. The van der Waals surface area contributed by atoms with Gasteiger partial charge in [-0.3, -0.25) is 4.98 Å². The van der Waals surface area contributed by atoms with E-state index in [-0.39, 0.29) is 5.54 Å². The second-order valence-electron chi connectivity index (χ2n) is 6.02. The Kier molecular flexibility index (Phi) is 4.84. The Morgan fingerprint density at radius 3 is 2.57 bits per heavy atom. The number of ether oxygens (including phenoxy) is 1. The third-order valence-electron chi connectivity index (χ3n) is 3.58. The molecule has 0 aliphatic rings. The first-order valence-corrected chi connectivity index (χ1v) is 7.33. The molecule has 1 aromatic carbocycles. The lowest BCUT2D eigenvalue weighted by atomic mass is 9.95. The van der Waals surface area contributed by atoms with E-state index >= 15 is 0 Å². The van der Waals surface area contributed by atoms with Gasteiger partial charge >= 0.3 is 0 Å². The van der Waals surface area contributed by atoms with E-state index in [1.54, 1.807) is 13.3 Å². The third-order valence-corrected chi connectivity index (χ3v) is 3.58. The first-order chi connectivity index (χ1) is 10.00. The number of hydrogen-bond donors (Lipinski definition) is 1. The van der Waals surface area contributed by atoms with Crippen LogP contribution in [0.4, 0.5) is 5.69 Å². The number of benzene rings is 1. The molecule has 0 unspecified atom stereocenters. The molecule has 2 aromatic rings. The maximum Gasteiger partial charge on any atom is 0.160 e. The van der Waals surface area contributed by atoms with Gasteiger partial charge in [0.15, 0.2) is 5.75 Å². The highest BCUT2D eigenvalue weighted by Crippen LogP contribution is 2.28. The molecule has 3 nitrogen and oxygen atoms in total. The smallest absolute Gasteiger partial charge is 0.160 e. The molecule has 0 aliphatic carbocycles. The minimum Gasteiger partial charge on any atom is -0.493 e. The maximum absolute atomic E-state index is 5.38. The average molecular weight is 284 g/mol. The minimum absolute atomic E-state index is 0.0169. The second kappa shape index (κ2) is 6.61. The van der Waals surface area contributed by atoms with Gasteiger partial charge < -0.3 is 10.1 Å². The molecule has 0 radical (unpaired) electrons. The number of nitrogens with one attached hydrogen (secondary N) is 1. The van der Waals surface area contributed by atoms with Gasteiger partial charge in [0.25, 0.3) is 0 Å². The van der Waals surface area contributed by atoms with E-state index in [4.69, 9.17) is 4.74 Å². The van der Waals surface area contributed by atoms with Gasteiger partial charge in [0, 0.05) is 11.2 Å². The summed E-state index contributed by atoms with van der Waals surface area (Å²) in [5.41, 5.74) is 3.34. The lowest BCUT2D eigenvalue weighted by Crippen LogP contribution is -2.31. The fourth-order valence-electron chi connectivity index (χ4n) is 2.34. The zero-order valence-electron chi connectivity index (χ0n) is 13.3. The van der Waals surface area contributed by atoms with E-state index in [9.17, 15) is 0 Å². The summed E-state index contributed by atoms with van der Waals surface area (Å²) in [6.07, 6.45) is 3.86. The second-order valence-corrected chi connectivity index (χ2v) is 6.02. The fourth-order valence-corrected chi connectivity index (χ4v) is 2.34. The number of aryl methyl sites for hydroxylation is 2. The van der Waals surface area contributed by atoms with E-state index in [1.807, 2.05) is 13.0 Å². The van der Waals surface area contributed by atoms with Crippen molar-refractivity contribution >= 4 is 5.69 Å². The summed E-state index contributed by atoms with van der Waals surface area (Å²) in [5.74, 6) is 0.786. The highest BCUT2D eigenvalue weighted by Gasteiger charge is 2.19. The standard InChI is InChI=1S/C18H24N2O/c1-14-12-16(17(21-4)13-19-14)20-18(2,3)11-10-15-8-6-5-7-9-15/h5-9,12-13H,10-11H2,1-4H3,(H,19,20). The monoisotopic (exact) mass is 284 g/mol. The maximum atomic E-state index is 5.38. The molecule has 0 aliphatic heterocycles. The molecule has 0 amide bonds. The van der Waals surface area contributed by atoms with Gasteiger partial charge in [-0.25, -0.2) is 0 Å². The van der Waals surface area contributed by atoms with Crippen LogP contribution in [-0.4, -0.2) is 17.6 Å². The lowest BCUT2D eigenvalue weighted by Gasteiger charge is -2.28. The van der Waals surface area contributed by atoms with Crippen molar-refractivity contribution in [1.82, 2.24) is 4.98 Å². The van der Waals surface area contributed by atoms with Crippen LogP contribution in [-0.2, 0) is 6.42 Å². The molecule has 0 atom stereocenters. The molecular weight excluding hydrogens is 260 g/mol. The average Bonchev–Trinajstić information content (AvgIpc) is 2.46. The van der Waals surface area contributed by atoms with Crippen LogP contribution in [0.25, 0.3) is 0 Å². The van der Waals surface area contributed by atoms with Crippen molar-refractivity contribution in [3.05, 3.63) is 53.9 Å². The number of hydrogen-bond acceptors (Lipinski definition) is 3. The summed E-state index contributed by atoms with van der Waals surface area (Å²) in [4.78, 5) is 4.27. The number of pyridine rings is 1. The Morgan fingerprint density at radius 2 is 1.90 bits per heavy atom. The zero-order chi connectivity index (χ0) is 15.3. The summed E-state index contributed by atoms with van der Waals surface area (Å²) in [6, 6.07) is 12.6. The summed E-state index contributed by atoms with van der Waals surface area (Å²) in [7, 11) is 1.68. The third kappa shape index (κ3) is 4.48. The Balaban J connectivity index is 2.05. The lowest BCUT2D eigenvalue weighted by molar-refractivity contribution is 0.411. The van der Waals surface area contributed by atoms with E-state index in [0.29, 0.717) is 0 Å². The molecule has 0 spiro atoms. The van der Waals surface area contributed by atoms with Crippen molar-refractivity contribution in [3.8, 4) is 5.75 Å². The molecule has 21 heavy (non-hydrogen) atoms. The van der Waals surface area contributed by atoms with E-state index in [2.05, 4.69) is 54.5 Å². The van der Waals surface area contributed by atoms with Crippen LogP contribution >= 0.6 is 0 Å². The first kappa shape index (κ1) is 15.4. The molecule has 0 saturated carbocycles. The van der Waals surface area contributed by atoms with Crippen LogP contribution in [0.15, 0.2) is 42.6 Å². The van der Waals surface area contributed by atoms with Crippen molar-refractivity contribution in [2.24, 2.45) is 0 Å². The largest absolute Gasteiger partial charge is 0.493 e. The van der Waals surface area contributed by atoms with Gasteiger partial charge in [0.2, 0.25) is 0 Å². The summed E-state index contributed by atoms with van der Waals surface area (Å²) in [6.45, 7) is 6.41. The molecule has 0 fully saturated rings. The van der Waals surface area contributed by atoms with E-state index < -0.39 is 0 Å². The summed E-state index contributed by atoms with van der Waals surface area (Å²) < 4.78 is 5.38. The molecule has 1 N–H and O–H groups in total. The van der Waals surface area contributed by atoms with Crippen LogP contribution in [0.3, 0.4) is 0 Å². The van der Waals surface area contributed by atoms with Gasteiger partial charge in [-0.15, -0.1) is 0 Å². The van der Waals surface area contributed by atoms with Crippen molar-refractivity contribution in [2.45, 2.75) is 39.2 Å². The number of rotatable bonds is 6. The minimum atomic E-state index is -0.0169. The van der Waals surface area contributed by atoms with Gasteiger partial charge in [0.05, 0.1) is 19.0 Å². The Bertz CT molecular complexity index is 579. The van der Waals surface area contributed by atoms with Crippen LogP contribution in [0.2, 0.25) is 0 Å². The predicted molar refractivity (Wildman–Crippen MR) is 88.0 cm³/mol. The van der Waals surface area contributed by atoms with Gasteiger partial charge in [0.1, 0.15) is 0 Å². The van der Waals surface area contributed by atoms with Crippen molar-refractivity contribution in [1.29, 1.82) is 0 Å². The Hall–Kier alpha value is -2.03. The van der Waals surface area contributed by atoms with Crippen molar-refractivity contribution in [2.75, 3.05) is 12.4 Å². The number of nitrogens with zero attached hydrogens (tertiary/aromatic N) is 1. The van der Waals surface area contributed by atoms with Crippen molar-refractivity contribution in [3.63, 3.8) is 0 Å². The zero-order valence-corrected chi connectivity index (χ0v) is 13.3. The topological polar surface area (TPSA) is 34.1 Å². The summed E-state index contributed by atoms with van der Waals surface area (Å²) in [5, 5.41) is 3.58. The molecule has 0 saturated heterocycles. The van der Waals surface area contributed by atoms with Gasteiger partial charge in [-0.1, -0.05) is 30.3 Å². The quantitative estimate of drug-likeness (QED) is 0.862. The highest BCUT2D eigenvalue weighted by atomic mass is 16.5. The summed E-state index contributed by atoms with van der Waals surface area (Å²) >= 11 is 0. The van der Waals surface area contributed by atoms with Gasteiger partial charge in [-0.2, -0.15) is 0 Å². The molecule has 2 rings (SSSR count). The van der Waals surface area contributed by atoms with E-state index in [1.165, 1.54) is 5.56 Å². The molecule has 1 aromatic heterocycles. The van der Waals surface area contributed by atoms with Crippen LogP contribution in [0.5, 0.6) is 5.75 Å². The Morgan fingerprint density at radius 1 is 1.19 bits per heavy atom. The molecule has 3 heteroatoms. The molecular formula is C18H24N2O. The number of anilines is 1. The van der Waals surface area contributed by atoms with E-state index in [0.717, 1.165) is 30.0 Å². The number of methoxy groups -OCH3 is 1. The highest BCUT2D eigenvalue weighted by molar-refractivity contribution is 5.57. The molecule has 0 bridgehead atoms. The van der Waals surface area contributed by atoms with Crippen molar-refractivity contribution < 1.29 is 4.74 Å². The van der Waals surface area contributed by atoms with Gasteiger partial charge in [-0.05, 0) is 45.2 Å². The first-order valence-electron chi connectivity index (χ1n) is 7.33. The number of aromatic nitrogens is 1. The van der Waals surface area contributed by atoms with Crippen LogP contribution < -0.4 is 10.1 Å². The predicted octanol–water partition coefficient (Wildman–Crippen LogP) is 4.22.